The van der Waals surface area contributed by atoms with E-state index < -0.39 is 0 Å². The largest absolute Gasteiger partial charge is 0.228 e. The molecule has 0 amide bonds. The summed E-state index contributed by atoms with van der Waals surface area (Å²) < 4.78 is 0. The molecule has 0 fully saturated rings. The van der Waals surface area contributed by atoms with Crippen LogP contribution in [0.15, 0.2) is 182 Å². The first-order valence-corrected chi connectivity index (χ1v) is 18.3. The van der Waals surface area contributed by atoms with Crippen LogP contribution in [0.4, 0.5) is 0 Å². The van der Waals surface area contributed by atoms with Crippen LogP contribution in [0.2, 0.25) is 0 Å². The first-order chi connectivity index (χ1) is 26.0. The molecule has 250 valence electrons. The van der Waals surface area contributed by atoms with Crippen LogP contribution in [0, 0.1) is 0 Å². The van der Waals surface area contributed by atoms with Crippen LogP contribution in [0.5, 0.6) is 0 Å². The summed E-state index contributed by atoms with van der Waals surface area (Å²) in [6, 6.07) is 65.2. The highest BCUT2D eigenvalue weighted by molar-refractivity contribution is 6.07. The van der Waals surface area contributed by atoms with Gasteiger partial charge in [-0.2, -0.15) is 0 Å². The van der Waals surface area contributed by atoms with Gasteiger partial charge >= 0.3 is 0 Å². The van der Waals surface area contributed by atoms with Gasteiger partial charge in [-0.3, -0.25) is 0 Å². The molecule has 1 heterocycles. The predicted octanol–water partition coefficient (Wildman–Crippen LogP) is 13.4. The number of aromatic nitrogens is 2. The van der Waals surface area contributed by atoms with Gasteiger partial charge in [0, 0.05) is 22.1 Å². The Morgan fingerprint density at radius 3 is 1.60 bits per heavy atom. The zero-order chi connectivity index (χ0) is 35.5. The molecule has 0 atom stereocenters. The second-order valence-corrected chi connectivity index (χ2v) is 14.5. The van der Waals surface area contributed by atoms with Crippen molar-refractivity contribution in [2.75, 3.05) is 0 Å². The predicted molar refractivity (Wildman–Crippen MR) is 222 cm³/mol. The van der Waals surface area contributed by atoms with Crippen molar-refractivity contribution < 1.29 is 0 Å². The van der Waals surface area contributed by atoms with E-state index in [0.717, 1.165) is 39.0 Å². The summed E-state index contributed by atoms with van der Waals surface area (Å²) >= 11 is 0. The van der Waals surface area contributed by atoms with Crippen molar-refractivity contribution >= 4 is 21.5 Å². The van der Waals surface area contributed by atoms with Gasteiger partial charge in [0.05, 0.1) is 11.4 Å². The van der Waals surface area contributed by atoms with Crippen molar-refractivity contribution in [1.82, 2.24) is 9.97 Å². The molecule has 0 saturated heterocycles. The molecule has 10 rings (SSSR count). The van der Waals surface area contributed by atoms with E-state index >= 15 is 0 Å². The summed E-state index contributed by atoms with van der Waals surface area (Å²) in [5.74, 6) is 0.715. The molecular weight excluding hydrogens is 641 g/mol. The Bertz CT molecular complexity index is 2850. The molecule has 0 radical (unpaired) electrons. The zero-order valence-electron chi connectivity index (χ0n) is 29.7. The Kier molecular flexibility index (Phi) is 7.19. The number of rotatable bonds is 5. The third-order valence-electron chi connectivity index (χ3n) is 11.0. The topological polar surface area (TPSA) is 25.8 Å². The normalized spacial score (nSPS) is 12.9. The lowest BCUT2D eigenvalue weighted by Crippen LogP contribution is -2.17. The van der Waals surface area contributed by atoms with Crippen molar-refractivity contribution in [3.05, 3.63) is 193 Å². The molecule has 1 aliphatic carbocycles. The summed E-state index contributed by atoms with van der Waals surface area (Å²) in [4.78, 5) is 10.6. The van der Waals surface area contributed by atoms with E-state index in [1.54, 1.807) is 0 Å². The van der Waals surface area contributed by atoms with Crippen molar-refractivity contribution in [3.63, 3.8) is 0 Å². The minimum Gasteiger partial charge on any atom is -0.228 e. The van der Waals surface area contributed by atoms with Crippen LogP contribution >= 0.6 is 0 Å². The maximum absolute atomic E-state index is 5.31. The number of hydrogen-bond donors (Lipinski definition) is 0. The standard InChI is InChI=1S/C51H36N2/c1-51(2)48-38-22-10-9-17-34(38)27-28-44(48)43-26-14-25-42(49(43)51)41-29-30-45(40-24-12-11-23-39(40)41)50-52-46(35-18-7-4-8-19-35)32-47(53-50)37-21-13-20-36(31-37)33-15-5-3-6-16-33/h3-32H,1-2H3. The third kappa shape index (κ3) is 5.10. The van der Waals surface area contributed by atoms with Gasteiger partial charge < -0.3 is 0 Å². The molecule has 8 aromatic carbocycles. The Labute approximate surface area is 310 Å². The molecule has 1 aliphatic rings. The molecule has 2 heteroatoms. The van der Waals surface area contributed by atoms with Crippen LogP contribution in [-0.2, 0) is 5.41 Å². The quantitative estimate of drug-likeness (QED) is 0.181. The summed E-state index contributed by atoms with van der Waals surface area (Å²) in [6.07, 6.45) is 0. The average molecular weight is 677 g/mol. The molecule has 0 N–H and O–H groups in total. The fourth-order valence-electron chi connectivity index (χ4n) is 8.66. The number of fused-ring (bicyclic) bond motifs is 6. The van der Waals surface area contributed by atoms with Crippen molar-refractivity contribution in [2.24, 2.45) is 0 Å². The Balaban J connectivity index is 1.16. The molecule has 2 nitrogen and oxygen atoms in total. The van der Waals surface area contributed by atoms with Gasteiger partial charge in [0.15, 0.2) is 5.82 Å². The van der Waals surface area contributed by atoms with E-state index in [1.807, 2.05) is 6.07 Å². The van der Waals surface area contributed by atoms with Crippen LogP contribution in [0.1, 0.15) is 25.0 Å². The van der Waals surface area contributed by atoms with E-state index in [1.165, 1.54) is 55.1 Å². The number of hydrogen-bond acceptors (Lipinski definition) is 2. The third-order valence-corrected chi connectivity index (χ3v) is 11.0. The molecule has 1 aromatic heterocycles. The highest BCUT2D eigenvalue weighted by atomic mass is 14.9. The lowest BCUT2D eigenvalue weighted by Gasteiger charge is -2.26. The first-order valence-electron chi connectivity index (χ1n) is 18.3. The molecule has 0 saturated carbocycles. The highest BCUT2D eigenvalue weighted by Crippen LogP contribution is 2.55. The van der Waals surface area contributed by atoms with Crippen molar-refractivity contribution in [2.45, 2.75) is 19.3 Å². The van der Waals surface area contributed by atoms with E-state index in [-0.39, 0.29) is 5.41 Å². The van der Waals surface area contributed by atoms with Crippen molar-refractivity contribution in [3.8, 4) is 67.3 Å². The molecule has 9 aromatic rings. The number of nitrogens with zero attached hydrogens (tertiary/aromatic N) is 2. The number of benzene rings is 8. The molecule has 0 unspecified atom stereocenters. The zero-order valence-corrected chi connectivity index (χ0v) is 29.7. The SMILES string of the molecule is CC1(C)c2c(cccc2-c2ccc(-c3nc(-c4ccccc4)cc(-c4cccc(-c5ccccc5)c4)n3)c3ccccc23)-c2ccc3ccccc3c21. The molecule has 0 bridgehead atoms. The van der Waals surface area contributed by atoms with Crippen molar-refractivity contribution in [1.29, 1.82) is 0 Å². The van der Waals surface area contributed by atoms with Gasteiger partial charge in [0.1, 0.15) is 0 Å². The van der Waals surface area contributed by atoms with E-state index in [0.29, 0.717) is 5.82 Å². The van der Waals surface area contributed by atoms with Gasteiger partial charge in [0.25, 0.3) is 0 Å². The fraction of sp³-hybridized carbons (Fsp3) is 0.0588. The maximum atomic E-state index is 5.31. The maximum Gasteiger partial charge on any atom is 0.161 e. The lowest BCUT2D eigenvalue weighted by atomic mass is 9.77. The van der Waals surface area contributed by atoms with E-state index in [4.69, 9.17) is 9.97 Å². The van der Waals surface area contributed by atoms with Gasteiger partial charge in [-0.05, 0) is 84.3 Å². The van der Waals surface area contributed by atoms with Gasteiger partial charge in [-0.1, -0.05) is 178 Å². The minimum absolute atomic E-state index is 0.182. The van der Waals surface area contributed by atoms with Gasteiger partial charge in [-0.15, -0.1) is 0 Å². The Morgan fingerprint density at radius 2 is 0.849 bits per heavy atom. The Morgan fingerprint density at radius 1 is 0.340 bits per heavy atom. The second-order valence-electron chi connectivity index (χ2n) is 14.5. The van der Waals surface area contributed by atoms with Crippen LogP contribution < -0.4 is 0 Å². The highest BCUT2D eigenvalue weighted by Gasteiger charge is 2.39. The fourth-order valence-corrected chi connectivity index (χ4v) is 8.66. The lowest BCUT2D eigenvalue weighted by molar-refractivity contribution is 0.668. The molecule has 53 heavy (non-hydrogen) atoms. The summed E-state index contributed by atoms with van der Waals surface area (Å²) in [5.41, 5.74) is 15.0. The van der Waals surface area contributed by atoms with Crippen LogP contribution in [0.3, 0.4) is 0 Å². The van der Waals surface area contributed by atoms with E-state index in [2.05, 4.69) is 190 Å². The summed E-state index contributed by atoms with van der Waals surface area (Å²) in [7, 11) is 0. The molecular formula is C51H36N2. The second kappa shape index (κ2) is 12.3. The summed E-state index contributed by atoms with van der Waals surface area (Å²) in [5, 5.41) is 4.94. The van der Waals surface area contributed by atoms with Gasteiger partial charge in [0.2, 0.25) is 0 Å². The Hall–Kier alpha value is -6.64. The molecule has 0 spiro atoms. The first kappa shape index (κ1) is 31.1. The van der Waals surface area contributed by atoms with Gasteiger partial charge in [-0.25, -0.2) is 9.97 Å². The molecule has 0 aliphatic heterocycles. The van der Waals surface area contributed by atoms with E-state index in [9.17, 15) is 0 Å². The summed E-state index contributed by atoms with van der Waals surface area (Å²) in [6.45, 7) is 4.78. The smallest absolute Gasteiger partial charge is 0.161 e. The average Bonchev–Trinajstić information content (AvgIpc) is 3.47. The van der Waals surface area contributed by atoms with Crippen LogP contribution in [-0.4, -0.2) is 9.97 Å². The van der Waals surface area contributed by atoms with Crippen LogP contribution in [0.25, 0.3) is 88.8 Å². The minimum atomic E-state index is -0.182. The monoisotopic (exact) mass is 676 g/mol.